The lowest BCUT2D eigenvalue weighted by molar-refractivity contribution is -0.122. The fraction of sp³-hybridized carbons (Fsp3) is 0.889. The number of nitrogens with two attached hydrogens (primary N) is 1. The first-order valence-electron chi connectivity index (χ1n) is 4.76. The lowest BCUT2D eigenvalue weighted by Gasteiger charge is -2.15. The molecule has 3 atom stereocenters. The van der Waals surface area contributed by atoms with Crippen LogP contribution in [0, 0.1) is 5.92 Å². The molecule has 1 aliphatic heterocycles. The number of hydrogen-bond acceptors (Lipinski definition) is 3. The van der Waals surface area contributed by atoms with Gasteiger partial charge in [0.2, 0.25) is 5.91 Å². The zero-order valence-electron chi connectivity index (χ0n) is 8.25. The van der Waals surface area contributed by atoms with Gasteiger partial charge in [-0.15, -0.1) is 0 Å². The van der Waals surface area contributed by atoms with Crippen molar-refractivity contribution >= 4 is 5.91 Å². The number of carbonyl (C=O) groups excluding carboxylic acids is 1. The molecule has 0 saturated carbocycles. The van der Waals surface area contributed by atoms with Crippen molar-refractivity contribution in [3.05, 3.63) is 0 Å². The summed E-state index contributed by atoms with van der Waals surface area (Å²) in [5.74, 6) is 0.363. The van der Waals surface area contributed by atoms with Crippen LogP contribution < -0.4 is 11.1 Å². The smallest absolute Gasteiger partial charge is 0.236 e. The number of ether oxygens (including phenoxy) is 1. The maximum atomic E-state index is 11.1. The second-order valence-corrected chi connectivity index (χ2v) is 3.66. The van der Waals surface area contributed by atoms with E-state index in [2.05, 4.69) is 5.32 Å². The maximum absolute atomic E-state index is 11.1. The Labute approximate surface area is 78.8 Å². The van der Waals surface area contributed by atoms with Crippen LogP contribution in [0.1, 0.15) is 20.3 Å². The molecule has 1 aliphatic rings. The van der Waals surface area contributed by atoms with Crippen molar-refractivity contribution in [1.29, 1.82) is 0 Å². The summed E-state index contributed by atoms with van der Waals surface area (Å²) in [6.45, 7) is 5.21. The monoisotopic (exact) mass is 186 g/mol. The predicted octanol–water partition coefficient (Wildman–Crippen LogP) is -0.125. The van der Waals surface area contributed by atoms with Gasteiger partial charge in [-0.25, -0.2) is 0 Å². The van der Waals surface area contributed by atoms with E-state index in [0.29, 0.717) is 12.5 Å². The van der Waals surface area contributed by atoms with Crippen LogP contribution in [-0.4, -0.2) is 31.2 Å². The Balaban J connectivity index is 2.22. The molecule has 4 heteroatoms. The van der Waals surface area contributed by atoms with Crippen LogP contribution >= 0.6 is 0 Å². The average Bonchev–Trinajstić information content (AvgIpc) is 2.47. The van der Waals surface area contributed by atoms with Crippen LogP contribution in [0.25, 0.3) is 0 Å². The van der Waals surface area contributed by atoms with Gasteiger partial charge >= 0.3 is 0 Å². The van der Waals surface area contributed by atoms with E-state index in [4.69, 9.17) is 10.5 Å². The Morgan fingerprint density at radius 1 is 1.77 bits per heavy atom. The maximum Gasteiger partial charge on any atom is 0.236 e. The normalized spacial score (nSPS) is 30.1. The van der Waals surface area contributed by atoms with Crippen molar-refractivity contribution in [2.24, 2.45) is 11.7 Å². The Morgan fingerprint density at radius 3 is 2.92 bits per heavy atom. The fourth-order valence-electron chi connectivity index (χ4n) is 1.44. The molecule has 0 aromatic rings. The Morgan fingerprint density at radius 2 is 2.46 bits per heavy atom. The number of carbonyl (C=O) groups is 1. The van der Waals surface area contributed by atoms with E-state index in [-0.39, 0.29) is 12.0 Å². The molecule has 1 fully saturated rings. The molecule has 0 aromatic heterocycles. The summed E-state index contributed by atoms with van der Waals surface area (Å²) in [6.07, 6.45) is 1.29. The molecule has 3 N–H and O–H groups in total. The van der Waals surface area contributed by atoms with Gasteiger partial charge in [-0.2, -0.15) is 0 Å². The molecule has 0 aliphatic carbocycles. The Hall–Kier alpha value is -0.610. The SMILES string of the molecule is CC1OCCC1CNC(=O)[C@@H](C)N. The molecule has 0 aromatic carbocycles. The Kier molecular flexibility index (Phi) is 3.69. The zero-order chi connectivity index (χ0) is 9.84. The molecule has 1 saturated heterocycles. The van der Waals surface area contributed by atoms with Gasteiger partial charge in [0.1, 0.15) is 0 Å². The van der Waals surface area contributed by atoms with E-state index in [1.165, 1.54) is 0 Å². The summed E-state index contributed by atoms with van der Waals surface area (Å²) in [7, 11) is 0. The van der Waals surface area contributed by atoms with Crippen molar-refractivity contribution in [2.45, 2.75) is 32.4 Å². The number of hydrogen-bond donors (Lipinski definition) is 2. The van der Waals surface area contributed by atoms with Gasteiger partial charge in [-0.1, -0.05) is 0 Å². The first-order chi connectivity index (χ1) is 6.11. The molecule has 0 bridgehead atoms. The molecule has 1 heterocycles. The first kappa shape index (κ1) is 10.5. The number of nitrogens with one attached hydrogen (secondary N) is 1. The zero-order valence-corrected chi connectivity index (χ0v) is 8.25. The van der Waals surface area contributed by atoms with Gasteiger partial charge in [-0.05, 0) is 20.3 Å². The Bertz CT molecular complexity index is 182. The molecule has 0 spiro atoms. The molecule has 1 rings (SSSR count). The quantitative estimate of drug-likeness (QED) is 0.645. The van der Waals surface area contributed by atoms with E-state index in [0.717, 1.165) is 13.0 Å². The van der Waals surface area contributed by atoms with Crippen LogP contribution in [-0.2, 0) is 9.53 Å². The standard InChI is InChI=1S/C9H18N2O2/c1-6(10)9(12)11-5-8-3-4-13-7(8)2/h6-8H,3-5,10H2,1-2H3,(H,11,12)/t6-,7?,8?/m1/s1. The molecule has 13 heavy (non-hydrogen) atoms. The highest BCUT2D eigenvalue weighted by Gasteiger charge is 2.24. The highest BCUT2D eigenvalue weighted by atomic mass is 16.5. The summed E-state index contributed by atoms with van der Waals surface area (Å²) in [6, 6.07) is -0.419. The van der Waals surface area contributed by atoms with Gasteiger partial charge in [0, 0.05) is 19.1 Å². The van der Waals surface area contributed by atoms with Crippen molar-refractivity contribution in [3.63, 3.8) is 0 Å². The molecule has 1 amide bonds. The average molecular weight is 186 g/mol. The van der Waals surface area contributed by atoms with Gasteiger partial charge in [0.05, 0.1) is 12.1 Å². The van der Waals surface area contributed by atoms with E-state index in [1.54, 1.807) is 6.92 Å². The fourth-order valence-corrected chi connectivity index (χ4v) is 1.44. The van der Waals surface area contributed by atoms with Crippen LogP contribution in [0.15, 0.2) is 0 Å². The predicted molar refractivity (Wildman–Crippen MR) is 50.2 cm³/mol. The molecule has 0 radical (unpaired) electrons. The van der Waals surface area contributed by atoms with E-state index in [1.807, 2.05) is 6.92 Å². The molecule has 2 unspecified atom stereocenters. The highest BCUT2D eigenvalue weighted by Crippen LogP contribution is 2.19. The molecule has 76 valence electrons. The van der Waals surface area contributed by atoms with Crippen molar-refractivity contribution in [3.8, 4) is 0 Å². The molecular formula is C9H18N2O2. The van der Waals surface area contributed by atoms with Gasteiger partial charge < -0.3 is 15.8 Å². The minimum Gasteiger partial charge on any atom is -0.378 e. The first-order valence-corrected chi connectivity index (χ1v) is 4.76. The van der Waals surface area contributed by atoms with Gasteiger partial charge in [0.25, 0.3) is 0 Å². The van der Waals surface area contributed by atoms with Crippen molar-refractivity contribution in [1.82, 2.24) is 5.32 Å². The minimum atomic E-state index is -0.419. The second-order valence-electron chi connectivity index (χ2n) is 3.66. The van der Waals surface area contributed by atoms with Crippen molar-refractivity contribution in [2.75, 3.05) is 13.2 Å². The largest absolute Gasteiger partial charge is 0.378 e. The summed E-state index contributed by atoms with van der Waals surface area (Å²) in [5.41, 5.74) is 5.41. The van der Waals surface area contributed by atoms with E-state index < -0.39 is 6.04 Å². The van der Waals surface area contributed by atoms with Crippen molar-refractivity contribution < 1.29 is 9.53 Å². The third-order valence-electron chi connectivity index (χ3n) is 2.49. The molecular weight excluding hydrogens is 168 g/mol. The number of rotatable bonds is 3. The summed E-state index contributed by atoms with van der Waals surface area (Å²) in [5, 5.41) is 2.81. The third kappa shape index (κ3) is 2.97. The van der Waals surface area contributed by atoms with Crippen LogP contribution in [0.5, 0.6) is 0 Å². The van der Waals surface area contributed by atoms with Crippen LogP contribution in [0.3, 0.4) is 0 Å². The van der Waals surface area contributed by atoms with Gasteiger partial charge in [0.15, 0.2) is 0 Å². The minimum absolute atomic E-state index is 0.0842. The third-order valence-corrected chi connectivity index (χ3v) is 2.49. The highest BCUT2D eigenvalue weighted by molar-refractivity contribution is 5.80. The summed E-state index contributed by atoms with van der Waals surface area (Å²) >= 11 is 0. The van der Waals surface area contributed by atoms with Crippen LogP contribution in [0.4, 0.5) is 0 Å². The topological polar surface area (TPSA) is 64.3 Å². The van der Waals surface area contributed by atoms with Gasteiger partial charge in [-0.3, -0.25) is 4.79 Å². The van der Waals surface area contributed by atoms with E-state index >= 15 is 0 Å². The molecule has 4 nitrogen and oxygen atoms in total. The van der Waals surface area contributed by atoms with E-state index in [9.17, 15) is 4.79 Å². The lowest BCUT2D eigenvalue weighted by atomic mass is 10.0. The van der Waals surface area contributed by atoms with Crippen LogP contribution in [0.2, 0.25) is 0 Å². The summed E-state index contributed by atoms with van der Waals surface area (Å²) in [4.78, 5) is 11.1. The number of amides is 1. The second kappa shape index (κ2) is 4.58. The summed E-state index contributed by atoms with van der Waals surface area (Å²) < 4.78 is 5.38. The lowest BCUT2D eigenvalue weighted by Crippen LogP contribution is -2.41.